The highest BCUT2D eigenvalue weighted by Gasteiger charge is 2.05. The van der Waals surface area contributed by atoms with Crippen LogP contribution in [-0.4, -0.2) is 19.1 Å². The number of anilines is 2. The molecule has 0 spiro atoms. The molecule has 0 heterocycles. The van der Waals surface area contributed by atoms with E-state index in [9.17, 15) is 4.79 Å². The molecule has 1 amide bonds. The van der Waals surface area contributed by atoms with Gasteiger partial charge in [0.1, 0.15) is 0 Å². The summed E-state index contributed by atoms with van der Waals surface area (Å²) >= 11 is 5.91. The van der Waals surface area contributed by atoms with Crippen LogP contribution in [-0.2, 0) is 9.53 Å². The third-order valence-corrected chi connectivity index (χ3v) is 2.26. The first-order valence-corrected chi connectivity index (χ1v) is 5.44. The minimum Gasteiger partial charge on any atom is -0.399 e. The Labute approximate surface area is 99.7 Å². The van der Waals surface area contributed by atoms with E-state index in [4.69, 9.17) is 22.1 Å². The quantitative estimate of drug-likeness (QED) is 0.615. The van der Waals surface area contributed by atoms with Crippen LogP contribution >= 0.6 is 11.6 Å². The second-order valence-corrected chi connectivity index (χ2v) is 3.64. The van der Waals surface area contributed by atoms with Gasteiger partial charge in [-0.15, -0.1) is 0 Å². The van der Waals surface area contributed by atoms with Gasteiger partial charge in [0, 0.05) is 12.3 Å². The van der Waals surface area contributed by atoms with Crippen LogP contribution < -0.4 is 11.1 Å². The van der Waals surface area contributed by atoms with E-state index in [1.54, 1.807) is 18.2 Å². The summed E-state index contributed by atoms with van der Waals surface area (Å²) in [5.74, 6) is -0.125. The maximum absolute atomic E-state index is 11.4. The summed E-state index contributed by atoms with van der Waals surface area (Å²) < 4.78 is 5.08. The molecule has 0 radical (unpaired) electrons. The van der Waals surface area contributed by atoms with Crippen molar-refractivity contribution in [1.29, 1.82) is 0 Å². The molecule has 16 heavy (non-hydrogen) atoms. The lowest BCUT2D eigenvalue weighted by atomic mass is 10.2. The zero-order chi connectivity index (χ0) is 12.0. The van der Waals surface area contributed by atoms with Crippen LogP contribution in [0.2, 0.25) is 5.02 Å². The van der Waals surface area contributed by atoms with Crippen LogP contribution in [0.1, 0.15) is 13.3 Å². The Bertz CT molecular complexity index is 369. The number of hydrogen-bond acceptors (Lipinski definition) is 3. The highest BCUT2D eigenvalue weighted by Crippen LogP contribution is 2.23. The Hall–Kier alpha value is -1.26. The summed E-state index contributed by atoms with van der Waals surface area (Å²) in [4.78, 5) is 11.4. The van der Waals surface area contributed by atoms with Gasteiger partial charge in [0.2, 0.25) is 5.91 Å². The van der Waals surface area contributed by atoms with E-state index in [0.717, 1.165) is 0 Å². The van der Waals surface area contributed by atoms with E-state index < -0.39 is 0 Å². The Kier molecular flexibility index (Phi) is 5.08. The standard InChI is InChI=1S/C11H15ClN2O2/c1-2-16-6-5-11(15)14-10-4-3-8(13)7-9(10)12/h3-4,7H,2,5-6,13H2,1H3,(H,14,15). The molecule has 0 aromatic heterocycles. The zero-order valence-corrected chi connectivity index (χ0v) is 9.88. The van der Waals surface area contributed by atoms with E-state index in [1.165, 1.54) is 0 Å². The number of amides is 1. The fourth-order valence-corrected chi connectivity index (χ4v) is 1.39. The van der Waals surface area contributed by atoms with Gasteiger partial charge in [-0.05, 0) is 25.1 Å². The van der Waals surface area contributed by atoms with Gasteiger partial charge in [-0.25, -0.2) is 0 Å². The maximum atomic E-state index is 11.4. The number of halogens is 1. The third kappa shape index (κ3) is 4.08. The van der Waals surface area contributed by atoms with Gasteiger partial charge in [-0.2, -0.15) is 0 Å². The molecule has 0 bridgehead atoms. The second-order valence-electron chi connectivity index (χ2n) is 3.23. The number of nitrogen functional groups attached to an aromatic ring is 1. The first-order valence-electron chi connectivity index (χ1n) is 5.06. The first-order chi connectivity index (χ1) is 7.63. The fraction of sp³-hybridized carbons (Fsp3) is 0.364. The van der Waals surface area contributed by atoms with E-state index in [2.05, 4.69) is 5.32 Å². The van der Waals surface area contributed by atoms with Crippen LogP contribution in [0.15, 0.2) is 18.2 Å². The molecule has 3 N–H and O–H groups in total. The Morgan fingerprint density at radius 2 is 2.31 bits per heavy atom. The van der Waals surface area contributed by atoms with Crippen molar-refractivity contribution < 1.29 is 9.53 Å². The summed E-state index contributed by atoms with van der Waals surface area (Å²) in [6.45, 7) is 2.90. The number of nitrogens with one attached hydrogen (secondary N) is 1. The lowest BCUT2D eigenvalue weighted by Gasteiger charge is -2.07. The van der Waals surface area contributed by atoms with Gasteiger partial charge in [0.25, 0.3) is 0 Å². The molecular weight excluding hydrogens is 228 g/mol. The summed E-state index contributed by atoms with van der Waals surface area (Å²) in [6, 6.07) is 4.96. The van der Waals surface area contributed by atoms with E-state index in [1.807, 2.05) is 6.92 Å². The van der Waals surface area contributed by atoms with Crippen molar-refractivity contribution in [2.24, 2.45) is 0 Å². The molecule has 5 heteroatoms. The summed E-state index contributed by atoms with van der Waals surface area (Å²) in [5.41, 5.74) is 6.67. The minimum atomic E-state index is -0.125. The number of hydrogen-bond donors (Lipinski definition) is 2. The molecule has 1 rings (SSSR count). The molecular formula is C11H15ClN2O2. The number of carbonyl (C=O) groups excluding carboxylic acids is 1. The van der Waals surface area contributed by atoms with Gasteiger partial charge in [-0.1, -0.05) is 11.6 Å². The number of benzene rings is 1. The number of ether oxygens (including phenoxy) is 1. The lowest BCUT2D eigenvalue weighted by molar-refractivity contribution is -0.117. The SMILES string of the molecule is CCOCCC(=O)Nc1ccc(N)cc1Cl. The zero-order valence-electron chi connectivity index (χ0n) is 9.13. The van der Waals surface area contributed by atoms with Gasteiger partial charge >= 0.3 is 0 Å². The van der Waals surface area contributed by atoms with Crippen LogP contribution in [0.5, 0.6) is 0 Å². The van der Waals surface area contributed by atoms with E-state index in [0.29, 0.717) is 36.0 Å². The molecule has 0 fully saturated rings. The Morgan fingerprint density at radius 1 is 1.56 bits per heavy atom. The van der Waals surface area contributed by atoms with Crippen LogP contribution in [0.4, 0.5) is 11.4 Å². The topological polar surface area (TPSA) is 64.3 Å². The number of rotatable bonds is 5. The first kappa shape index (κ1) is 12.8. The van der Waals surface area contributed by atoms with Gasteiger partial charge < -0.3 is 15.8 Å². The average molecular weight is 243 g/mol. The predicted molar refractivity (Wildman–Crippen MR) is 65.6 cm³/mol. The van der Waals surface area contributed by atoms with Gasteiger partial charge in [0.15, 0.2) is 0 Å². The van der Waals surface area contributed by atoms with Crippen molar-refractivity contribution >= 4 is 28.9 Å². The maximum Gasteiger partial charge on any atom is 0.226 e. The highest BCUT2D eigenvalue weighted by atomic mass is 35.5. The largest absolute Gasteiger partial charge is 0.399 e. The molecule has 0 aliphatic heterocycles. The third-order valence-electron chi connectivity index (χ3n) is 1.94. The molecule has 0 aliphatic rings. The van der Waals surface area contributed by atoms with Crippen LogP contribution in [0.3, 0.4) is 0 Å². The molecule has 1 aromatic carbocycles. The highest BCUT2D eigenvalue weighted by molar-refractivity contribution is 6.34. The molecule has 0 atom stereocenters. The summed E-state index contributed by atoms with van der Waals surface area (Å²) in [7, 11) is 0. The fourth-order valence-electron chi connectivity index (χ4n) is 1.15. The lowest BCUT2D eigenvalue weighted by Crippen LogP contribution is -2.14. The monoisotopic (exact) mass is 242 g/mol. The van der Waals surface area contributed by atoms with Gasteiger partial charge in [0.05, 0.1) is 23.7 Å². The van der Waals surface area contributed by atoms with Crippen molar-refractivity contribution in [2.75, 3.05) is 24.3 Å². The summed E-state index contributed by atoms with van der Waals surface area (Å²) in [6.07, 6.45) is 0.314. The summed E-state index contributed by atoms with van der Waals surface area (Å²) in [5, 5.41) is 3.12. The van der Waals surface area contributed by atoms with Crippen molar-refractivity contribution in [2.45, 2.75) is 13.3 Å². The molecule has 0 saturated heterocycles. The predicted octanol–water partition coefficient (Wildman–Crippen LogP) is 2.29. The minimum absolute atomic E-state index is 0.125. The number of carbonyl (C=O) groups is 1. The molecule has 0 aliphatic carbocycles. The second kappa shape index (κ2) is 6.35. The molecule has 0 unspecified atom stereocenters. The van der Waals surface area contributed by atoms with E-state index >= 15 is 0 Å². The number of nitrogens with two attached hydrogens (primary N) is 1. The Balaban J connectivity index is 2.49. The van der Waals surface area contributed by atoms with Crippen molar-refractivity contribution in [3.05, 3.63) is 23.2 Å². The van der Waals surface area contributed by atoms with Crippen LogP contribution in [0.25, 0.3) is 0 Å². The molecule has 4 nitrogen and oxygen atoms in total. The molecule has 88 valence electrons. The van der Waals surface area contributed by atoms with Crippen molar-refractivity contribution in [3.8, 4) is 0 Å². The molecule has 0 saturated carbocycles. The Morgan fingerprint density at radius 3 is 2.94 bits per heavy atom. The average Bonchev–Trinajstić information content (AvgIpc) is 2.23. The van der Waals surface area contributed by atoms with Crippen molar-refractivity contribution in [3.63, 3.8) is 0 Å². The van der Waals surface area contributed by atoms with Crippen molar-refractivity contribution in [1.82, 2.24) is 0 Å². The smallest absolute Gasteiger partial charge is 0.226 e. The van der Waals surface area contributed by atoms with Gasteiger partial charge in [-0.3, -0.25) is 4.79 Å². The molecule has 1 aromatic rings. The van der Waals surface area contributed by atoms with E-state index in [-0.39, 0.29) is 5.91 Å². The van der Waals surface area contributed by atoms with Crippen LogP contribution in [0, 0.1) is 0 Å². The normalized spacial score (nSPS) is 10.1.